The van der Waals surface area contributed by atoms with E-state index in [1.165, 1.54) is 5.56 Å². The van der Waals surface area contributed by atoms with Gasteiger partial charge in [-0.15, -0.1) is 12.4 Å². The molecule has 0 spiro atoms. The highest BCUT2D eigenvalue weighted by Crippen LogP contribution is 2.33. The van der Waals surface area contributed by atoms with Crippen molar-refractivity contribution in [1.82, 2.24) is 9.80 Å². The molecule has 8 heteroatoms. The lowest BCUT2D eigenvalue weighted by atomic mass is 9.96. The van der Waals surface area contributed by atoms with Crippen molar-refractivity contribution >= 4 is 22.5 Å². The van der Waals surface area contributed by atoms with Crippen molar-refractivity contribution in [2.75, 3.05) is 39.0 Å². The van der Waals surface area contributed by atoms with Gasteiger partial charge in [-0.05, 0) is 43.0 Å². The van der Waals surface area contributed by atoms with Crippen LogP contribution in [0.4, 0.5) is 0 Å². The van der Waals surface area contributed by atoms with E-state index < -0.39 is 16.3 Å². The highest BCUT2D eigenvalue weighted by molar-refractivity contribution is 7.85. The SMILES string of the molecule is CS(=O)(=O)OCCN1CCC(CN2Cc3ccccc3C2O)CC1.Cl. The maximum absolute atomic E-state index is 11.0. The largest absolute Gasteiger partial charge is 0.374 e. The quantitative estimate of drug-likeness (QED) is 0.744. The third-order valence-electron chi connectivity index (χ3n) is 4.96. The average Bonchev–Trinajstić information content (AvgIpc) is 2.85. The molecule has 3 rings (SSSR count). The average molecular weight is 391 g/mol. The van der Waals surface area contributed by atoms with E-state index >= 15 is 0 Å². The summed E-state index contributed by atoms with van der Waals surface area (Å²) in [6, 6.07) is 8.09. The van der Waals surface area contributed by atoms with Crippen molar-refractivity contribution < 1.29 is 17.7 Å². The summed E-state index contributed by atoms with van der Waals surface area (Å²) in [5, 5.41) is 10.5. The van der Waals surface area contributed by atoms with Crippen molar-refractivity contribution in [3.63, 3.8) is 0 Å². The lowest BCUT2D eigenvalue weighted by molar-refractivity contribution is -0.00409. The Morgan fingerprint density at radius 3 is 2.56 bits per heavy atom. The molecule has 0 amide bonds. The van der Waals surface area contributed by atoms with Gasteiger partial charge in [-0.2, -0.15) is 8.42 Å². The summed E-state index contributed by atoms with van der Waals surface area (Å²) in [6.45, 7) is 4.51. The van der Waals surface area contributed by atoms with Crippen LogP contribution in [0.1, 0.15) is 30.2 Å². The zero-order valence-electron chi connectivity index (χ0n) is 14.5. The molecule has 1 N–H and O–H groups in total. The van der Waals surface area contributed by atoms with Gasteiger partial charge in [0.15, 0.2) is 0 Å². The third kappa shape index (κ3) is 5.64. The van der Waals surface area contributed by atoms with Crippen molar-refractivity contribution in [2.24, 2.45) is 5.92 Å². The van der Waals surface area contributed by atoms with E-state index in [2.05, 4.69) is 15.9 Å². The second kappa shape index (κ2) is 8.79. The first-order valence-electron chi connectivity index (χ1n) is 8.49. The van der Waals surface area contributed by atoms with Crippen molar-refractivity contribution in [1.29, 1.82) is 0 Å². The number of likely N-dealkylation sites (tertiary alicyclic amines) is 1. The molecule has 1 saturated heterocycles. The van der Waals surface area contributed by atoms with E-state index in [0.717, 1.165) is 50.8 Å². The molecule has 1 fully saturated rings. The van der Waals surface area contributed by atoms with Crippen LogP contribution in [0.3, 0.4) is 0 Å². The molecule has 2 aliphatic rings. The standard InChI is InChI=1S/C17H26N2O4S.ClH/c1-24(21,22)23-11-10-18-8-6-14(7-9-18)12-19-13-15-4-2-3-5-16(15)17(19)20;/h2-5,14,17,20H,6-13H2,1H3;1H. The van der Waals surface area contributed by atoms with Crippen LogP contribution in [0, 0.1) is 5.92 Å². The van der Waals surface area contributed by atoms with E-state index in [-0.39, 0.29) is 19.0 Å². The van der Waals surface area contributed by atoms with Gasteiger partial charge in [0.25, 0.3) is 10.1 Å². The van der Waals surface area contributed by atoms with Crippen LogP contribution < -0.4 is 0 Å². The molecule has 2 heterocycles. The molecule has 1 unspecified atom stereocenters. The fraction of sp³-hybridized carbons (Fsp3) is 0.647. The fourth-order valence-electron chi connectivity index (χ4n) is 3.64. The number of fused-ring (bicyclic) bond motifs is 1. The first kappa shape index (κ1) is 20.6. The number of nitrogens with zero attached hydrogens (tertiary/aromatic N) is 2. The Morgan fingerprint density at radius 2 is 1.92 bits per heavy atom. The fourth-order valence-corrected chi connectivity index (χ4v) is 4.02. The molecule has 0 saturated carbocycles. The van der Waals surface area contributed by atoms with Crippen molar-refractivity contribution in [2.45, 2.75) is 25.6 Å². The minimum Gasteiger partial charge on any atom is -0.374 e. The van der Waals surface area contributed by atoms with Crippen LogP contribution in [-0.2, 0) is 20.8 Å². The number of aliphatic hydroxyl groups is 1. The molecule has 0 aromatic heterocycles. The van der Waals surface area contributed by atoms with Gasteiger partial charge in [0.1, 0.15) is 6.23 Å². The summed E-state index contributed by atoms with van der Waals surface area (Å²) in [6.07, 6.45) is 2.73. The monoisotopic (exact) mass is 390 g/mol. The molecular weight excluding hydrogens is 364 g/mol. The van der Waals surface area contributed by atoms with Crippen LogP contribution in [0.5, 0.6) is 0 Å². The van der Waals surface area contributed by atoms with Gasteiger partial charge in [0, 0.05) is 19.6 Å². The molecule has 0 radical (unpaired) electrons. The predicted octanol–water partition coefficient (Wildman–Crippen LogP) is 1.60. The number of piperidine rings is 1. The number of halogens is 1. The molecule has 1 atom stereocenters. The van der Waals surface area contributed by atoms with E-state index in [1.807, 2.05) is 18.2 Å². The van der Waals surface area contributed by atoms with Crippen LogP contribution in [0.25, 0.3) is 0 Å². The minimum atomic E-state index is -3.34. The molecule has 6 nitrogen and oxygen atoms in total. The minimum absolute atomic E-state index is 0. The van der Waals surface area contributed by atoms with E-state index in [1.54, 1.807) is 0 Å². The van der Waals surface area contributed by atoms with Crippen LogP contribution in [0.2, 0.25) is 0 Å². The Labute approximate surface area is 156 Å². The normalized spacial score (nSPS) is 22.6. The number of benzene rings is 1. The summed E-state index contributed by atoms with van der Waals surface area (Å²) in [5.74, 6) is 0.570. The van der Waals surface area contributed by atoms with Gasteiger partial charge in [0.2, 0.25) is 0 Å². The topological polar surface area (TPSA) is 70.1 Å². The molecule has 0 bridgehead atoms. The molecule has 1 aromatic rings. The van der Waals surface area contributed by atoms with Crippen LogP contribution >= 0.6 is 12.4 Å². The summed E-state index contributed by atoms with van der Waals surface area (Å²) in [5.41, 5.74) is 2.26. The molecule has 25 heavy (non-hydrogen) atoms. The molecule has 1 aromatic carbocycles. The van der Waals surface area contributed by atoms with Gasteiger partial charge in [-0.3, -0.25) is 9.08 Å². The summed E-state index contributed by atoms with van der Waals surface area (Å²) in [7, 11) is -3.34. The molecule has 0 aliphatic carbocycles. The number of hydrogen-bond acceptors (Lipinski definition) is 6. The maximum atomic E-state index is 11.0. The Balaban J connectivity index is 0.00000225. The van der Waals surface area contributed by atoms with Gasteiger partial charge in [-0.1, -0.05) is 24.3 Å². The molecular formula is C17H27ClN2O4S. The number of rotatable bonds is 6. The van der Waals surface area contributed by atoms with Crippen LogP contribution in [-0.4, -0.2) is 62.4 Å². The zero-order chi connectivity index (χ0) is 17.2. The Morgan fingerprint density at radius 1 is 1.24 bits per heavy atom. The maximum Gasteiger partial charge on any atom is 0.264 e. The first-order valence-corrected chi connectivity index (χ1v) is 10.3. The van der Waals surface area contributed by atoms with Gasteiger partial charge in [0.05, 0.1) is 12.9 Å². The number of hydrogen-bond donors (Lipinski definition) is 1. The molecule has 2 aliphatic heterocycles. The second-order valence-corrected chi connectivity index (χ2v) is 8.46. The van der Waals surface area contributed by atoms with Gasteiger partial charge in [-0.25, -0.2) is 0 Å². The van der Waals surface area contributed by atoms with E-state index in [0.29, 0.717) is 12.5 Å². The summed E-state index contributed by atoms with van der Waals surface area (Å²) < 4.78 is 26.8. The number of aliphatic hydroxyl groups excluding tert-OH is 1. The van der Waals surface area contributed by atoms with Crippen molar-refractivity contribution in [3.8, 4) is 0 Å². The summed E-state index contributed by atoms with van der Waals surface area (Å²) in [4.78, 5) is 4.40. The Bertz CT molecular complexity index is 662. The Hall–Kier alpha value is -0.700. The zero-order valence-corrected chi connectivity index (χ0v) is 16.1. The lowest BCUT2D eigenvalue weighted by Gasteiger charge is -2.34. The second-order valence-electron chi connectivity index (χ2n) is 6.81. The van der Waals surface area contributed by atoms with Crippen LogP contribution in [0.15, 0.2) is 24.3 Å². The highest BCUT2D eigenvalue weighted by atomic mass is 35.5. The van der Waals surface area contributed by atoms with Gasteiger partial charge < -0.3 is 10.0 Å². The summed E-state index contributed by atoms with van der Waals surface area (Å²) >= 11 is 0. The highest BCUT2D eigenvalue weighted by Gasteiger charge is 2.30. The van der Waals surface area contributed by atoms with E-state index in [4.69, 9.17) is 4.18 Å². The van der Waals surface area contributed by atoms with Crippen molar-refractivity contribution in [3.05, 3.63) is 35.4 Å². The third-order valence-corrected chi connectivity index (χ3v) is 5.55. The Kier molecular flexibility index (Phi) is 7.25. The predicted molar refractivity (Wildman–Crippen MR) is 99.0 cm³/mol. The lowest BCUT2D eigenvalue weighted by Crippen LogP contribution is -2.39. The first-order chi connectivity index (χ1) is 11.4. The smallest absolute Gasteiger partial charge is 0.264 e. The van der Waals surface area contributed by atoms with E-state index in [9.17, 15) is 13.5 Å². The molecule has 142 valence electrons. The van der Waals surface area contributed by atoms with Gasteiger partial charge >= 0.3 is 0 Å².